The fourth-order valence-corrected chi connectivity index (χ4v) is 2.73. The van der Waals surface area contributed by atoms with Gasteiger partial charge in [-0.25, -0.2) is 0 Å². The molecule has 0 aromatic carbocycles. The highest BCUT2D eigenvalue weighted by molar-refractivity contribution is 6.26. The van der Waals surface area contributed by atoms with E-state index in [2.05, 4.69) is 20.8 Å². The first-order valence-electron chi connectivity index (χ1n) is 7.55. The minimum atomic E-state index is -0.211. The zero-order chi connectivity index (χ0) is 14.0. The lowest BCUT2D eigenvalue weighted by atomic mass is 9.89. The fourth-order valence-electron chi connectivity index (χ4n) is 2.23. The van der Waals surface area contributed by atoms with Crippen LogP contribution in [0, 0.1) is 5.92 Å². The number of esters is 1. The molecule has 0 fully saturated rings. The van der Waals surface area contributed by atoms with Crippen LogP contribution in [0.25, 0.3) is 0 Å². The highest BCUT2D eigenvalue weighted by atomic mass is 28.1. The summed E-state index contributed by atoms with van der Waals surface area (Å²) in [6.07, 6.45) is 10.5. The molecule has 2 atom stereocenters. The van der Waals surface area contributed by atoms with Crippen molar-refractivity contribution in [3.8, 4) is 0 Å². The topological polar surface area (TPSA) is 26.3 Å². The first-order chi connectivity index (χ1) is 8.46. The summed E-state index contributed by atoms with van der Waals surface area (Å²) in [7, 11) is 2.37. The quantitative estimate of drug-likeness (QED) is 0.346. The smallest absolute Gasteiger partial charge is 0.307 e. The molecule has 0 heterocycles. The van der Waals surface area contributed by atoms with Crippen molar-refractivity contribution in [3.63, 3.8) is 0 Å². The Morgan fingerprint density at radius 2 is 1.67 bits per heavy atom. The zero-order valence-electron chi connectivity index (χ0n) is 13.1. The van der Waals surface area contributed by atoms with Crippen molar-refractivity contribution in [1.29, 1.82) is 0 Å². The van der Waals surface area contributed by atoms with E-state index in [1.165, 1.54) is 52.1 Å². The van der Waals surface area contributed by atoms with Crippen molar-refractivity contribution in [2.45, 2.75) is 77.2 Å². The maximum Gasteiger partial charge on any atom is 0.307 e. The van der Waals surface area contributed by atoms with E-state index in [1.807, 2.05) is 0 Å². The Morgan fingerprint density at radius 1 is 1.17 bits per heavy atom. The normalized spacial score (nSPS) is 16.2. The molecule has 0 aliphatic heterocycles. The van der Waals surface area contributed by atoms with Gasteiger partial charge in [-0.05, 0) is 12.3 Å². The van der Waals surface area contributed by atoms with Gasteiger partial charge in [-0.3, -0.25) is 4.79 Å². The third-order valence-electron chi connectivity index (χ3n) is 4.18. The highest BCUT2D eigenvalue weighted by Crippen LogP contribution is 2.36. The number of unbranched alkanes of at least 4 members (excludes halogenated alkanes) is 6. The number of ether oxygens (including phenoxy) is 1. The SMILES string of the molecule is CCCCCCCCCC(C)C(C)([SiH3])C(=O)OC. The van der Waals surface area contributed by atoms with Crippen molar-refractivity contribution in [2.24, 2.45) is 5.92 Å². The van der Waals surface area contributed by atoms with E-state index in [0.717, 1.165) is 16.7 Å². The summed E-state index contributed by atoms with van der Waals surface area (Å²) in [5.74, 6) is 0.428. The van der Waals surface area contributed by atoms with E-state index in [4.69, 9.17) is 4.74 Å². The molecule has 0 aromatic rings. The molecular weight excluding hydrogens is 240 g/mol. The molecule has 108 valence electrons. The molecule has 0 aliphatic carbocycles. The Hall–Kier alpha value is -0.313. The van der Waals surface area contributed by atoms with Crippen molar-refractivity contribution in [2.75, 3.05) is 7.11 Å². The monoisotopic (exact) mass is 272 g/mol. The minimum absolute atomic E-state index is 0.0235. The second-order valence-corrected chi connectivity index (χ2v) is 8.10. The van der Waals surface area contributed by atoms with E-state index in [-0.39, 0.29) is 11.0 Å². The van der Waals surface area contributed by atoms with Crippen molar-refractivity contribution >= 4 is 16.2 Å². The molecule has 18 heavy (non-hydrogen) atoms. The average molecular weight is 273 g/mol. The molecule has 2 nitrogen and oxygen atoms in total. The molecule has 2 unspecified atom stereocenters. The van der Waals surface area contributed by atoms with E-state index >= 15 is 0 Å². The molecule has 0 spiro atoms. The van der Waals surface area contributed by atoms with Gasteiger partial charge in [0, 0.05) is 10.2 Å². The van der Waals surface area contributed by atoms with Crippen LogP contribution in [-0.2, 0) is 9.53 Å². The molecule has 0 aromatic heterocycles. The van der Waals surface area contributed by atoms with Crippen LogP contribution in [0.15, 0.2) is 0 Å². The molecule has 0 radical (unpaired) electrons. The van der Waals surface area contributed by atoms with Crippen molar-refractivity contribution in [1.82, 2.24) is 0 Å². The Labute approximate surface area is 116 Å². The van der Waals surface area contributed by atoms with Gasteiger partial charge in [-0.15, -0.1) is 0 Å². The maximum atomic E-state index is 11.7. The third kappa shape index (κ3) is 6.57. The standard InChI is InChI=1S/C15H32O2Si/c1-5-6-7-8-9-10-11-12-13(2)15(3,18)14(16)17-4/h13H,5-12H2,1-4,18H3. The van der Waals surface area contributed by atoms with Gasteiger partial charge >= 0.3 is 5.97 Å². The Balaban J connectivity index is 3.70. The Morgan fingerprint density at radius 3 is 2.17 bits per heavy atom. The maximum absolute atomic E-state index is 11.7. The van der Waals surface area contributed by atoms with E-state index < -0.39 is 0 Å². The number of carbonyl (C=O) groups excluding carboxylic acids is 1. The average Bonchev–Trinajstić information content (AvgIpc) is 2.36. The largest absolute Gasteiger partial charge is 0.469 e. The van der Waals surface area contributed by atoms with Gasteiger partial charge in [0.2, 0.25) is 0 Å². The summed E-state index contributed by atoms with van der Waals surface area (Å²) < 4.78 is 4.90. The molecule has 3 heteroatoms. The van der Waals surface area contributed by atoms with Gasteiger partial charge in [0.1, 0.15) is 0 Å². The number of carbonyl (C=O) groups is 1. The van der Waals surface area contributed by atoms with Gasteiger partial charge in [0.05, 0.1) is 12.1 Å². The minimum Gasteiger partial charge on any atom is -0.469 e. The molecule has 0 rings (SSSR count). The summed E-state index contributed by atoms with van der Waals surface area (Å²) in [5.41, 5.74) is 0. The van der Waals surface area contributed by atoms with Gasteiger partial charge in [0.25, 0.3) is 0 Å². The summed E-state index contributed by atoms with van der Waals surface area (Å²) in [4.78, 5) is 11.7. The van der Waals surface area contributed by atoms with E-state index in [1.54, 1.807) is 0 Å². The Bertz CT molecular complexity index is 227. The predicted octanol–water partition coefficient (Wildman–Crippen LogP) is 3.48. The molecule has 0 amide bonds. The molecular formula is C15H32O2Si. The summed E-state index contributed by atoms with van der Waals surface area (Å²) in [6.45, 7) is 6.50. The van der Waals surface area contributed by atoms with Gasteiger partial charge < -0.3 is 4.74 Å². The number of rotatable bonds is 10. The fraction of sp³-hybridized carbons (Fsp3) is 0.933. The number of hydrogen-bond acceptors (Lipinski definition) is 2. The van der Waals surface area contributed by atoms with Crippen LogP contribution >= 0.6 is 0 Å². The molecule has 0 saturated carbocycles. The van der Waals surface area contributed by atoms with Crippen LogP contribution in [0.5, 0.6) is 0 Å². The van der Waals surface area contributed by atoms with Gasteiger partial charge in [-0.2, -0.15) is 0 Å². The van der Waals surface area contributed by atoms with Crippen LogP contribution < -0.4 is 0 Å². The van der Waals surface area contributed by atoms with Crippen LogP contribution in [0.3, 0.4) is 0 Å². The molecule has 0 saturated heterocycles. The van der Waals surface area contributed by atoms with Crippen LogP contribution in [0.1, 0.15) is 72.1 Å². The summed E-state index contributed by atoms with van der Waals surface area (Å²) in [6, 6.07) is 0. The first kappa shape index (κ1) is 17.7. The predicted molar refractivity (Wildman–Crippen MR) is 82.1 cm³/mol. The van der Waals surface area contributed by atoms with E-state index in [0.29, 0.717) is 5.92 Å². The lowest BCUT2D eigenvalue weighted by Gasteiger charge is -2.28. The molecule has 0 aliphatic rings. The van der Waals surface area contributed by atoms with Crippen molar-refractivity contribution < 1.29 is 9.53 Å². The first-order valence-corrected chi connectivity index (χ1v) is 8.55. The second kappa shape index (κ2) is 9.60. The van der Waals surface area contributed by atoms with Crippen LogP contribution in [0.2, 0.25) is 5.04 Å². The number of methoxy groups -OCH3 is 1. The highest BCUT2D eigenvalue weighted by Gasteiger charge is 2.34. The number of hydrogen-bond donors (Lipinski definition) is 0. The van der Waals surface area contributed by atoms with Gasteiger partial charge in [-0.1, -0.05) is 65.7 Å². The molecule has 0 bridgehead atoms. The Kier molecular flexibility index (Phi) is 9.43. The summed E-state index contributed by atoms with van der Waals surface area (Å²) in [5, 5.41) is -0.211. The van der Waals surface area contributed by atoms with Crippen LogP contribution in [-0.4, -0.2) is 23.3 Å². The van der Waals surface area contributed by atoms with Crippen LogP contribution in [0.4, 0.5) is 0 Å². The lowest BCUT2D eigenvalue weighted by molar-refractivity contribution is -0.145. The van der Waals surface area contributed by atoms with E-state index in [9.17, 15) is 4.79 Å². The van der Waals surface area contributed by atoms with Crippen molar-refractivity contribution in [3.05, 3.63) is 0 Å². The molecule has 0 N–H and O–H groups in total. The second-order valence-electron chi connectivity index (χ2n) is 6.02. The zero-order valence-corrected chi connectivity index (χ0v) is 15.1. The third-order valence-corrected chi connectivity index (χ3v) is 5.58. The summed E-state index contributed by atoms with van der Waals surface area (Å²) >= 11 is 0. The lowest BCUT2D eigenvalue weighted by Crippen LogP contribution is -2.29. The van der Waals surface area contributed by atoms with Gasteiger partial charge in [0.15, 0.2) is 0 Å².